The van der Waals surface area contributed by atoms with Crippen molar-refractivity contribution in [2.75, 3.05) is 0 Å². The number of para-hydroxylation sites is 1. The smallest absolute Gasteiger partial charge is 0.232 e. The van der Waals surface area contributed by atoms with E-state index in [-0.39, 0.29) is 16.8 Å². The molecule has 2 heterocycles. The third-order valence-corrected chi connectivity index (χ3v) is 5.88. The summed E-state index contributed by atoms with van der Waals surface area (Å²) in [5, 5.41) is 12.1. The van der Waals surface area contributed by atoms with Gasteiger partial charge in [-0.05, 0) is 25.0 Å². The quantitative estimate of drug-likeness (QED) is 0.663. The molecule has 8 nitrogen and oxygen atoms in total. The third kappa shape index (κ3) is 3.21. The van der Waals surface area contributed by atoms with E-state index >= 15 is 0 Å². The number of nitrogens with zero attached hydrogens (tertiary/aromatic N) is 5. The van der Waals surface area contributed by atoms with E-state index in [9.17, 15) is 8.42 Å². The molecule has 3 aromatic rings. The fourth-order valence-electron chi connectivity index (χ4n) is 2.36. The summed E-state index contributed by atoms with van der Waals surface area (Å²) in [4.78, 5) is 5.67. The van der Waals surface area contributed by atoms with Crippen LogP contribution in [-0.2, 0) is 22.0 Å². The van der Waals surface area contributed by atoms with Crippen LogP contribution in [0.3, 0.4) is 0 Å². The summed E-state index contributed by atoms with van der Waals surface area (Å²) in [6.45, 7) is 0. The SMILES string of the molecule is O=S(=O)(Cc1noc(Cc2cnn(-c3ccccc3)n2)n1)C1CC1. The largest absolute Gasteiger partial charge is 0.339 e. The average molecular weight is 345 g/mol. The minimum absolute atomic E-state index is 0.169. The maximum Gasteiger partial charge on any atom is 0.232 e. The molecule has 0 radical (unpaired) electrons. The normalized spacial score (nSPS) is 14.8. The van der Waals surface area contributed by atoms with Crippen molar-refractivity contribution in [3.8, 4) is 5.69 Å². The van der Waals surface area contributed by atoms with E-state index in [0.717, 1.165) is 18.5 Å². The first-order valence-corrected chi connectivity index (χ1v) is 9.31. The topological polar surface area (TPSA) is 104 Å². The highest BCUT2D eigenvalue weighted by atomic mass is 32.2. The molecule has 0 unspecified atom stereocenters. The van der Waals surface area contributed by atoms with Crippen LogP contribution < -0.4 is 0 Å². The van der Waals surface area contributed by atoms with Crippen molar-refractivity contribution >= 4 is 9.84 Å². The van der Waals surface area contributed by atoms with Crippen molar-refractivity contribution in [1.29, 1.82) is 0 Å². The first-order chi connectivity index (χ1) is 11.6. The van der Waals surface area contributed by atoms with E-state index < -0.39 is 9.84 Å². The van der Waals surface area contributed by atoms with Gasteiger partial charge in [0.15, 0.2) is 15.7 Å². The number of hydrogen-bond acceptors (Lipinski definition) is 7. The van der Waals surface area contributed by atoms with Crippen LogP contribution in [0.25, 0.3) is 5.69 Å². The second kappa shape index (κ2) is 5.82. The lowest BCUT2D eigenvalue weighted by atomic mass is 10.3. The lowest BCUT2D eigenvalue weighted by molar-refractivity contribution is 0.379. The van der Waals surface area contributed by atoms with E-state index in [0.29, 0.717) is 18.0 Å². The molecule has 1 fully saturated rings. The highest BCUT2D eigenvalue weighted by molar-refractivity contribution is 7.91. The number of rotatable bonds is 6. The van der Waals surface area contributed by atoms with Gasteiger partial charge in [-0.2, -0.15) is 20.0 Å². The van der Waals surface area contributed by atoms with Crippen LogP contribution in [0.4, 0.5) is 0 Å². The second-order valence-electron chi connectivity index (χ2n) is 5.75. The highest BCUT2D eigenvalue weighted by Gasteiger charge is 2.36. The minimum atomic E-state index is -3.15. The van der Waals surface area contributed by atoms with Crippen LogP contribution >= 0.6 is 0 Å². The van der Waals surface area contributed by atoms with Gasteiger partial charge in [0, 0.05) is 0 Å². The summed E-state index contributed by atoms with van der Waals surface area (Å²) in [6, 6.07) is 9.53. The van der Waals surface area contributed by atoms with Crippen molar-refractivity contribution < 1.29 is 12.9 Å². The van der Waals surface area contributed by atoms with Crippen molar-refractivity contribution in [2.45, 2.75) is 30.3 Å². The molecule has 24 heavy (non-hydrogen) atoms. The lowest BCUT2D eigenvalue weighted by Gasteiger charge is -1.97. The molecular weight excluding hydrogens is 330 g/mol. The molecule has 0 atom stereocenters. The van der Waals surface area contributed by atoms with Gasteiger partial charge in [-0.25, -0.2) is 8.42 Å². The number of sulfone groups is 1. The summed E-state index contributed by atoms with van der Waals surface area (Å²) in [5.41, 5.74) is 1.52. The lowest BCUT2D eigenvalue weighted by Crippen LogP contribution is -2.10. The summed E-state index contributed by atoms with van der Waals surface area (Å²) in [7, 11) is -3.15. The molecule has 1 aliphatic rings. The molecule has 0 amide bonds. The van der Waals surface area contributed by atoms with Gasteiger partial charge in [-0.3, -0.25) is 0 Å². The van der Waals surface area contributed by atoms with Crippen molar-refractivity contribution in [3.05, 3.63) is 53.9 Å². The number of benzene rings is 1. The molecule has 1 saturated carbocycles. The summed E-state index contributed by atoms with van der Waals surface area (Å²) < 4.78 is 29.0. The van der Waals surface area contributed by atoms with Crippen LogP contribution in [0.1, 0.15) is 30.3 Å². The standard InChI is InChI=1S/C15H15N5O3S/c21-24(22,13-6-7-13)10-14-17-15(23-19-14)8-11-9-16-20(18-11)12-4-2-1-3-5-12/h1-5,9,13H,6-8,10H2. The Kier molecular flexibility index (Phi) is 3.64. The average Bonchev–Trinajstić information content (AvgIpc) is 3.21. The monoisotopic (exact) mass is 345 g/mol. The van der Waals surface area contributed by atoms with Gasteiger partial charge < -0.3 is 4.52 Å². The van der Waals surface area contributed by atoms with Gasteiger partial charge in [0.2, 0.25) is 5.89 Å². The third-order valence-electron chi connectivity index (χ3n) is 3.73. The Morgan fingerprint density at radius 1 is 1.21 bits per heavy atom. The fourth-order valence-corrected chi connectivity index (χ4v) is 3.93. The molecule has 9 heteroatoms. The Labute approximate surface area is 138 Å². The first-order valence-electron chi connectivity index (χ1n) is 7.60. The Hall–Kier alpha value is -2.55. The van der Waals surface area contributed by atoms with Gasteiger partial charge in [0.25, 0.3) is 0 Å². The zero-order chi connectivity index (χ0) is 16.6. The first kappa shape index (κ1) is 15.0. The van der Waals surface area contributed by atoms with Crippen LogP contribution in [0, 0.1) is 0 Å². The molecule has 4 rings (SSSR count). The van der Waals surface area contributed by atoms with Crippen molar-refractivity contribution in [2.24, 2.45) is 0 Å². The minimum Gasteiger partial charge on any atom is -0.339 e. The highest BCUT2D eigenvalue weighted by Crippen LogP contribution is 2.30. The van der Waals surface area contributed by atoms with Crippen LogP contribution in [-0.4, -0.2) is 38.8 Å². The molecule has 124 valence electrons. The van der Waals surface area contributed by atoms with Gasteiger partial charge in [-0.15, -0.1) is 0 Å². The molecule has 2 aromatic heterocycles. The molecule has 0 spiro atoms. The van der Waals surface area contributed by atoms with Gasteiger partial charge in [0.05, 0.1) is 29.2 Å². The summed E-state index contributed by atoms with van der Waals surface area (Å²) >= 11 is 0. The maximum atomic E-state index is 11.9. The molecular formula is C15H15N5O3S. The Morgan fingerprint density at radius 2 is 2.00 bits per heavy atom. The number of hydrogen-bond donors (Lipinski definition) is 0. The second-order valence-corrected chi connectivity index (χ2v) is 8.03. The van der Waals surface area contributed by atoms with E-state index in [1.165, 1.54) is 4.80 Å². The van der Waals surface area contributed by atoms with E-state index in [2.05, 4.69) is 20.3 Å². The predicted molar refractivity (Wildman–Crippen MR) is 84.1 cm³/mol. The molecule has 0 bridgehead atoms. The van der Waals surface area contributed by atoms with Crippen LogP contribution in [0.15, 0.2) is 41.1 Å². The van der Waals surface area contributed by atoms with Crippen LogP contribution in [0.2, 0.25) is 0 Å². The van der Waals surface area contributed by atoms with Gasteiger partial charge >= 0.3 is 0 Å². The number of aromatic nitrogens is 5. The molecule has 1 aliphatic carbocycles. The fraction of sp³-hybridized carbons (Fsp3) is 0.333. The summed E-state index contributed by atoms with van der Waals surface area (Å²) in [6.07, 6.45) is 3.40. The van der Waals surface area contributed by atoms with E-state index in [4.69, 9.17) is 4.52 Å². The van der Waals surface area contributed by atoms with Crippen molar-refractivity contribution in [1.82, 2.24) is 25.1 Å². The molecule has 1 aromatic carbocycles. The zero-order valence-corrected chi connectivity index (χ0v) is 13.6. The van der Waals surface area contributed by atoms with Crippen molar-refractivity contribution in [3.63, 3.8) is 0 Å². The molecule has 0 N–H and O–H groups in total. The Bertz CT molecular complexity index is 944. The van der Waals surface area contributed by atoms with Crippen LogP contribution in [0.5, 0.6) is 0 Å². The van der Waals surface area contributed by atoms with E-state index in [1.54, 1.807) is 6.20 Å². The maximum absolute atomic E-state index is 11.9. The molecule has 0 aliphatic heterocycles. The van der Waals surface area contributed by atoms with Gasteiger partial charge in [0.1, 0.15) is 5.75 Å². The zero-order valence-electron chi connectivity index (χ0n) is 12.7. The Balaban J connectivity index is 1.46. The Morgan fingerprint density at radius 3 is 2.75 bits per heavy atom. The van der Waals surface area contributed by atoms with Gasteiger partial charge in [-0.1, -0.05) is 23.4 Å². The summed E-state index contributed by atoms with van der Waals surface area (Å²) in [5.74, 6) is 0.362. The van der Waals surface area contributed by atoms with E-state index in [1.807, 2.05) is 30.3 Å². The predicted octanol–water partition coefficient (Wildman–Crippen LogP) is 1.32. The molecule has 0 saturated heterocycles.